The molecule has 34 heavy (non-hydrogen) atoms. The number of rotatable bonds is 6. The number of methoxy groups -OCH3 is 1. The highest BCUT2D eigenvalue weighted by Crippen LogP contribution is 2.39. The van der Waals surface area contributed by atoms with E-state index in [0.717, 1.165) is 15.6 Å². The van der Waals surface area contributed by atoms with Crippen molar-refractivity contribution in [3.05, 3.63) is 75.3 Å². The second-order valence-corrected chi connectivity index (χ2v) is 9.18. The Labute approximate surface area is 206 Å². The van der Waals surface area contributed by atoms with Crippen LogP contribution in [-0.4, -0.2) is 47.2 Å². The normalized spacial score (nSPS) is 19.5. The number of imide groups is 1. The highest BCUT2D eigenvalue weighted by molar-refractivity contribution is 6.36. The van der Waals surface area contributed by atoms with Crippen molar-refractivity contribution in [2.45, 2.75) is 19.8 Å². The van der Waals surface area contributed by atoms with Crippen molar-refractivity contribution in [1.82, 2.24) is 10.0 Å². The molecule has 1 heterocycles. The fourth-order valence-corrected chi connectivity index (χ4v) is 4.81. The molecule has 2 aromatic rings. The molecule has 0 saturated carbocycles. The van der Waals surface area contributed by atoms with E-state index in [2.05, 4.69) is 0 Å². The van der Waals surface area contributed by atoms with Gasteiger partial charge < -0.3 is 4.74 Å². The van der Waals surface area contributed by atoms with Crippen molar-refractivity contribution in [2.24, 2.45) is 11.8 Å². The molecule has 1 fully saturated rings. The zero-order valence-electron chi connectivity index (χ0n) is 18.6. The van der Waals surface area contributed by atoms with Gasteiger partial charge in [-0.2, -0.15) is 5.01 Å². The smallest absolute Gasteiger partial charge is 0.274 e. The summed E-state index contributed by atoms with van der Waals surface area (Å²) >= 11 is 12.2. The molecule has 7 nitrogen and oxygen atoms in total. The first-order chi connectivity index (χ1) is 16.2. The molecule has 2 aromatic carbocycles. The number of Topliss-reactive ketones (excluding diaryl/α,β-unsaturated/α-hetero) is 1. The molecule has 0 N–H and O–H groups in total. The van der Waals surface area contributed by atoms with E-state index in [1.807, 2.05) is 13.0 Å². The summed E-state index contributed by atoms with van der Waals surface area (Å²) in [5.74, 6) is -2.90. The van der Waals surface area contributed by atoms with Gasteiger partial charge in [-0.15, -0.1) is 0 Å². The van der Waals surface area contributed by atoms with Crippen LogP contribution in [0.2, 0.25) is 10.0 Å². The summed E-state index contributed by atoms with van der Waals surface area (Å²) in [4.78, 5) is 53.4. The number of benzene rings is 2. The number of carbonyl (C=O) groups excluding carboxylic acids is 4. The van der Waals surface area contributed by atoms with Gasteiger partial charge in [0.1, 0.15) is 12.3 Å². The van der Waals surface area contributed by atoms with Gasteiger partial charge in [-0.3, -0.25) is 19.2 Å². The molecule has 1 saturated heterocycles. The number of allylic oxidation sites excluding steroid dienone is 2. The van der Waals surface area contributed by atoms with E-state index < -0.39 is 41.9 Å². The summed E-state index contributed by atoms with van der Waals surface area (Å²) in [7, 11) is 1.47. The van der Waals surface area contributed by atoms with Crippen LogP contribution in [0.4, 0.5) is 0 Å². The predicted molar refractivity (Wildman–Crippen MR) is 127 cm³/mol. The average Bonchev–Trinajstić information content (AvgIpc) is 3.06. The minimum absolute atomic E-state index is 0.0225. The molecule has 2 aliphatic rings. The second-order valence-electron chi connectivity index (χ2n) is 8.33. The van der Waals surface area contributed by atoms with Crippen LogP contribution in [0.3, 0.4) is 0 Å². The van der Waals surface area contributed by atoms with Gasteiger partial charge in [-0.25, -0.2) is 5.01 Å². The molecule has 0 bridgehead atoms. The largest absolute Gasteiger partial charge is 0.497 e. The lowest BCUT2D eigenvalue weighted by molar-refractivity contribution is -0.154. The predicted octanol–water partition coefficient (Wildman–Crippen LogP) is 4.58. The van der Waals surface area contributed by atoms with Crippen LogP contribution in [0.5, 0.6) is 5.75 Å². The maximum absolute atomic E-state index is 13.6. The first-order valence-electron chi connectivity index (χ1n) is 10.7. The van der Waals surface area contributed by atoms with Gasteiger partial charge >= 0.3 is 0 Å². The Morgan fingerprint density at radius 2 is 1.82 bits per heavy atom. The van der Waals surface area contributed by atoms with Crippen molar-refractivity contribution in [2.75, 3.05) is 13.7 Å². The number of halogens is 2. The Morgan fingerprint density at radius 1 is 1.09 bits per heavy atom. The van der Waals surface area contributed by atoms with E-state index in [1.54, 1.807) is 18.2 Å². The summed E-state index contributed by atoms with van der Waals surface area (Å²) in [6.07, 6.45) is 2.77. The zero-order chi connectivity index (χ0) is 24.6. The zero-order valence-corrected chi connectivity index (χ0v) is 20.1. The standard InChI is InChI=1S/C25H22Cl2N2O5/c1-14-6-8-18-20(10-14)25(33)29(24(18)32)28(23(31)19-9-7-16(26)12-21(19)27)13-22(30)15-4-3-5-17(11-15)34-2/h3-7,9,11-12,18,20H,8,10,13H2,1-2H3/t18-,20+/m0/s1. The third kappa shape index (κ3) is 4.45. The molecule has 0 spiro atoms. The second kappa shape index (κ2) is 9.60. The van der Waals surface area contributed by atoms with Gasteiger partial charge in [-0.05, 0) is 50.1 Å². The molecule has 0 aromatic heterocycles. The fraction of sp³-hybridized carbons (Fsp3) is 0.280. The first-order valence-corrected chi connectivity index (χ1v) is 11.4. The van der Waals surface area contributed by atoms with Gasteiger partial charge in [0.2, 0.25) is 0 Å². The lowest BCUT2D eigenvalue weighted by Crippen LogP contribution is -2.52. The van der Waals surface area contributed by atoms with Crippen LogP contribution < -0.4 is 4.74 Å². The third-order valence-corrected chi connectivity index (χ3v) is 6.67. The van der Waals surface area contributed by atoms with Gasteiger partial charge in [0, 0.05) is 10.6 Å². The molecule has 1 aliphatic heterocycles. The van der Waals surface area contributed by atoms with Crippen LogP contribution in [0.15, 0.2) is 54.1 Å². The fourth-order valence-electron chi connectivity index (χ4n) is 4.32. The maximum atomic E-state index is 13.6. The maximum Gasteiger partial charge on any atom is 0.274 e. The Balaban J connectivity index is 1.72. The molecule has 2 atom stereocenters. The van der Waals surface area contributed by atoms with Crippen molar-refractivity contribution < 1.29 is 23.9 Å². The van der Waals surface area contributed by atoms with E-state index in [-0.39, 0.29) is 16.1 Å². The highest BCUT2D eigenvalue weighted by atomic mass is 35.5. The minimum atomic E-state index is -0.747. The summed E-state index contributed by atoms with van der Waals surface area (Å²) < 4.78 is 5.17. The molecule has 1 aliphatic carbocycles. The summed E-state index contributed by atoms with van der Waals surface area (Å²) in [5.41, 5.74) is 1.30. The minimum Gasteiger partial charge on any atom is -0.497 e. The molecule has 0 unspecified atom stereocenters. The molecule has 4 rings (SSSR count). The Kier molecular flexibility index (Phi) is 6.77. The van der Waals surface area contributed by atoms with Gasteiger partial charge in [0.15, 0.2) is 5.78 Å². The molecule has 3 amide bonds. The lowest BCUT2D eigenvalue weighted by Gasteiger charge is -2.30. The lowest BCUT2D eigenvalue weighted by atomic mass is 9.82. The summed E-state index contributed by atoms with van der Waals surface area (Å²) in [6.45, 7) is 1.37. The quantitative estimate of drug-likeness (QED) is 0.329. The number of ketones is 1. The molecule has 0 radical (unpaired) electrons. The highest BCUT2D eigenvalue weighted by Gasteiger charge is 2.51. The number of hydrogen-bond donors (Lipinski definition) is 0. The van der Waals surface area contributed by atoms with E-state index in [0.29, 0.717) is 23.6 Å². The van der Waals surface area contributed by atoms with E-state index in [1.165, 1.54) is 31.4 Å². The average molecular weight is 501 g/mol. The Morgan fingerprint density at radius 3 is 2.53 bits per heavy atom. The van der Waals surface area contributed by atoms with Crippen LogP contribution in [0, 0.1) is 11.8 Å². The van der Waals surface area contributed by atoms with Crippen molar-refractivity contribution in [3.8, 4) is 5.75 Å². The number of nitrogens with zero attached hydrogens (tertiary/aromatic N) is 2. The monoisotopic (exact) mass is 500 g/mol. The number of fused-ring (bicyclic) bond motifs is 1. The molecular formula is C25H22Cl2N2O5. The molecule has 9 heteroatoms. The number of carbonyl (C=O) groups is 4. The summed E-state index contributed by atoms with van der Waals surface area (Å²) in [6, 6.07) is 10.7. The molecule has 176 valence electrons. The van der Waals surface area contributed by atoms with Gasteiger partial charge in [0.05, 0.1) is 29.5 Å². The third-order valence-electron chi connectivity index (χ3n) is 6.12. The Bertz CT molecular complexity index is 1230. The van der Waals surface area contributed by atoms with Crippen molar-refractivity contribution >= 4 is 46.7 Å². The van der Waals surface area contributed by atoms with Gasteiger partial charge in [0.25, 0.3) is 17.7 Å². The van der Waals surface area contributed by atoms with Crippen molar-refractivity contribution in [1.29, 1.82) is 0 Å². The van der Waals surface area contributed by atoms with Crippen molar-refractivity contribution in [3.63, 3.8) is 0 Å². The topological polar surface area (TPSA) is 84.0 Å². The first kappa shape index (κ1) is 24.0. The Hall–Kier alpha value is -3.16. The SMILES string of the molecule is COc1cccc(C(=O)CN(C(=O)c2ccc(Cl)cc2Cl)N2C(=O)[C@H]3CC=C(C)C[C@H]3C2=O)c1. The number of ether oxygens (including phenoxy) is 1. The van der Waals surface area contributed by atoms with Crippen LogP contribution in [0.1, 0.15) is 40.5 Å². The van der Waals surface area contributed by atoms with E-state index in [9.17, 15) is 19.2 Å². The number of hydrazine groups is 1. The number of amides is 3. The summed E-state index contributed by atoms with van der Waals surface area (Å²) in [5, 5.41) is 2.09. The van der Waals surface area contributed by atoms with E-state index in [4.69, 9.17) is 27.9 Å². The number of hydrogen-bond acceptors (Lipinski definition) is 5. The van der Waals surface area contributed by atoms with Crippen LogP contribution >= 0.6 is 23.2 Å². The van der Waals surface area contributed by atoms with E-state index >= 15 is 0 Å². The van der Waals surface area contributed by atoms with Gasteiger partial charge in [-0.1, -0.05) is 47.0 Å². The van der Waals surface area contributed by atoms with Crippen LogP contribution in [0.25, 0.3) is 0 Å². The van der Waals surface area contributed by atoms with Crippen LogP contribution in [-0.2, 0) is 9.59 Å². The molecular weight excluding hydrogens is 479 g/mol.